The van der Waals surface area contributed by atoms with Gasteiger partial charge in [0, 0.05) is 17.7 Å². The lowest BCUT2D eigenvalue weighted by molar-refractivity contribution is 0.355. The molecule has 0 spiro atoms. The standard InChI is InChI=1S/C13H17N3O3/c1-8(14-7-13-15-9(2)16-19-13)11-5-4-10(18-3)6-12(11)17/h4-6,8,14,17H,7H2,1-3H3. The number of aromatic nitrogens is 2. The van der Waals surface area contributed by atoms with Crippen LogP contribution < -0.4 is 10.1 Å². The van der Waals surface area contributed by atoms with Gasteiger partial charge >= 0.3 is 0 Å². The first-order valence-corrected chi connectivity index (χ1v) is 5.99. The third-order valence-corrected chi connectivity index (χ3v) is 2.83. The molecule has 2 aromatic rings. The zero-order valence-electron chi connectivity index (χ0n) is 11.2. The van der Waals surface area contributed by atoms with E-state index in [-0.39, 0.29) is 11.8 Å². The van der Waals surface area contributed by atoms with Crippen LogP contribution in [0, 0.1) is 6.92 Å². The number of phenols is 1. The topological polar surface area (TPSA) is 80.4 Å². The van der Waals surface area contributed by atoms with E-state index in [0.717, 1.165) is 5.56 Å². The highest BCUT2D eigenvalue weighted by atomic mass is 16.5. The molecule has 2 N–H and O–H groups in total. The predicted octanol–water partition coefficient (Wildman–Crippen LogP) is 1.94. The highest BCUT2D eigenvalue weighted by Gasteiger charge is 2.12. The van der Waals surface area contributed by atoms with Crippen molar-refractivity contribution in [1.82, 2.24) is 15.5 Å². The van der Waals surface area contributed by atoms with Crippen LogP contribution in [0.4, 0.5) is 0 Å². The Balaban J connectivity index is 2.01. The molecule has 6 heteroatoms. The van der Waals surface area contributed by atoms with Gasteiger partial charge in [-0.05, 0) is 19.9 Å². The molecule has 102 valence electrons. The molecular formula is C13H17N3O3. The van der Waals surface area contributed by atoms with Gasteiger partial charge in [-0.25, -0.2) is 0 Å². The molecule has 1 unspecified atom stereocenters. The van der Waals surface area contributed by atoms with Crippen molar-refractivity contribution in [2.24, 2.45) is 0 Å². The first-order chi connectivity index (χ1) is 9.10. The Hall–Kier alpha value is -2.08. The van der Waals surface area contributed by atoms with E-state index in [9.17, 15) is 5.11 Å². The molecule has 0 radical (unpaired) electrons. The molecule has 0 bridgehead atoms. The molecule has 2 rings (SSSR count). The summed E-state index contributed by atoms with van der Waals surface area (Å²) in [5.74, 6) is 1.95. The normalized spacial score (nSPS) is 12.4. The SMILES string of the molecule is COc1ccc(C(C)NCc2nc(C)no2)c(O)c1. The van der Waals surface area contributed by atoms with Crippen LogP contribution in [0.2, 0.25) is 0 Å². The Morgan fingerprint density at radius 1 is 1.47 bits per heavy atom. The summed E-state index contributed by atoms with van der Waals surface area (Å²) in [5.41, 5.74) is 0.789. The van der Waals surface area contributed by atoms with E-state index in [4.69, 9.17) is 9.26 Å². The second kappa shape index (κ2) is 5.71. The van der Waals surface area contributed by atoms with Gasteiger partial charge in [0.25, 0.3) is 0 Å². The molecule has 0 aliphatic rings. The molecule has 0 fully saturated rings. The van der Waals surface area contributed by atoms with E-state index in [1.165, 1.54) is 0 Å². The third-order valence-electron chi connectivity index (χ3n) is 2.83. The number of methoxy groups -OCH3 is 1. The molecule has 0 saturated heterocycles. The van der Waals surface area contributed by atoms with Crippen molar-refractivity contribution in [2.45, 2.75) is 26.4 Å². The Morgan fingerprint density at radius 2 is 2.26 bits per heavy atom. The van der Waals surface area contributed by atoms with Gasteiger partial charge in [-0.1, -0.05) is 11.2 Å². The molecule has 19 heavy (non-hydrogen) atoms. The zero-order chi connectivity index (χ0) is 13.8. The van der Waals surface area contributed by atoms with Gasteiger partial charge in [0.2, 0.25) is 5.89 Å². The highest BCUT2D eigenvalue weighted by molar-refractivity contribution is 5.41. The fourth-order valence-corrected chi connectivity index (χ4v) is 1.78. The molecule has 0 aliphatic carbocycles. The van der Waals surface area contributed by atoms with Gasteiger partial charge in [0.15, 0.2) is 5.82 Å². The summed E-state index contributed by atoms with van der Waals surface area (Å²) in [4.78, 5) is 4.10. The minimum atomic E-state index is -0.0434. The summed E-state index contributed by atoms with van der Waals surface area (Å²) in [6.45, 7) is 4.17. The van der Waals surface area contributed by atoms with Crippen LogP contribution >= 0.6 is 0 Å². The van der Waals surface area contributed by atoms with E-state index < -0.39 is 0 Å². The zero-order valence-corrected chi connectivity index (χ0v) is 11.2. The smallest absolute Gasteiger partial charge is 0.240 e. The first kappa shape index (κ1) is 13.4. The molecule has 0 aliphatic heterocycles. The van der Waals surface area contributed by atoms with Crippen molar-refractivity contribution in [3.05, 3.63) is 35.5 Å². The van der Waals surface area contributed by atoms with Crippen LogP contribution in [0.25, 0.3) is 0 Å². The largest absolute Gasteiger partial charge is 0.507 e. The summed E-state index contributed by atoms with van der Waals surface area (Å²) in [6, 6.07) is 5.18. The number of aryl methyl sites for hydroxylation is 1. The van der Waals surface area contributed by atoms with Crippen molar-refractivity contribution in [3.8, 4) is 11.5 Å². The molecule has 0 amide bonds. The summed E-state index contributed by atoms with van der Waals surface area (Å²) in [5, 5.41) is 16.8. The van der Waals surface area contributed by atoms with E-state index in [1.807, 2.05) is 19.1 Å². The Bertz CT molecular complexity index is 554. The number of rotatable bonds is 5. The van der Waals surface area contributed by atoms with Crippen molar-refractivity contribution in [2.75, 3.05) is 7.11 Å². The van der Waals surface area contributed by atoms with Gasteiger partial charge in [-0.15, -0.1) is 0 Å². The quantitative estimate of drug-likeness (QED) is 0.858. The molecule has 1 aromatic heterocycles. The number of hydrogen-bond acceptors (Lipinski definition) is 6. The molecule has 0 saturated carbocycles. The van der Waals surface area contributed by atoms with Gasteiger partial charge in [-0.3, -0.25) is 0 Å². The summed E-state index contributed by atoms with van der Waals surface area (Å²) < 4.78 is 10.1. The van der Waals surface area contributed by atoms with Crippen molar-refractivity contribution >= 4 is 0 Å². The predicted molar refractivity (Wildman–Crippen MR) is 68.9 cm³/mol. The minimum absolute atomic E-state index is 0.0434. The van der Waals surface area contributed by atoms with Crippen LogP contribution in [0.1, 0.15) is 30.2 Å². The lowest BCUT2D eigenvalue weighted by atomic mass is 10.1. The molecule has 6 nitrogen and oxygen atoms in total. The maximum Gasteiger partial charge on any atom is 0.240 e. The Kier molecular flexibility index (Phi) is 4.01. The lowest BCUT2D eigenvalue weighted by Gasteiger charge is -2.15. The molecule has 1 heterocycles. The van der Waals surface area contributed by atoms with Crippen LogP contribution in [0.15, 0.2) is 22.7 Å². The van der Waals surface area contributed by atoms with Gasteiger partial charge < -0.3 is 19.7 Å². The second-order valence-corrected chi connectivity index (χ2v) is 4.26. The third kappa shape index (κ3) is 3.23. The maximum absolute atomic E-state index is 9.92. The number of nitrogens with zero attached hydrogens (tertiary/aromatic N) is 2. The molecular weight excluding hydrogens is 246 g/mol. The number of benzene rings is 1. The highest BCUT2D eigenvalue weighted by Crippen LogP contribution is 2.28. The summed E-state index contributed by atoms with van der Waals surface area (Å²) >= 11 is 0. The number of phenolic OH excluding ortho intramolecular Hbond substituents is 1. The minimum Gasteiger partial charge on any atom is -0.507 e. The van der Waals surface area contributed by atoms with E-state index in [1.54, 1.807) is 20.1 Å². The number of ether oxygens (including phenoxy) is 1. The Morgan fingerprint density at radius 3 is 2.84 bits per heavy atom. The average Bonchev–Trinajstić information content (AvgIpc) is 2.81. The fourth-order valence-electron chi connectivity index (χ4n) is 1.78. The van der Waals surface area contributed by atoms with Gasteiger partial charge in [0.05, 0.1) is 13.7 Å². The number of nitrogens with one attached hydrogen (secondary N) is 1. The molecule has 1 atom stereocenters. The lowest BCUT2D eigenvalue weighted by Crippen LogP contribution is -2.18. The van der Waals surface area contributed by atoms with E-state index >= 15 is 0 Å². The number of hydrogen-bond donors (Lipinski definition) is 2. The number of aromatic hydroxyl groups is 1. The van der Waals surface area contributed by atoms with Crippen molar-refractivity contribution < 1.29 is 14.4 Å². The Labute approximate surface area is 111 Å². The fraction of sp³-hybridized carbons (Fsp3) is 0.385. The van der Waals surface area contributed by atoms with Crippen LogP contribution in [0.3, 0.4) is 0 Å². The summed E-state index contributed by atoms with van der Waals surface area (Å²) in [7, 11) is 1.56. The molecule has 1 aromatic carbocycles. The van der Waals surface area contributed by atoms with E-state index in [2.05, 4.69) is 15.5 Å². The maximum atomic E-state index is 9.92. The second-order valence-electron chi connectivity index (χ2n) is 4.26. The van der Waals surface area contributed by atoms with Crippen LogP contribution in [-0.2, 0) is 6.54 Å². The van der Waals surface area contributed by atoms with Gasteiger partial charge in [-0.2, -0.15) is 4.98 Å². The van der Waals surface area contributed by atoms with Crippen molar-refractivity contribution in [3.63, 3.8) is 0 Å². The summed E-state index contributed by atoms with van der Waals surface area (Å²) in [6.07, 6.45) is 0. The van der Waals surface area contributed by atoms with Crippen molar-refractivity contribution in [1.29, 1.82) is 0 Å². The van der Waals surface area contributed by atoms with Gasteiger partial charge in [0.1, 0.15) is 11.5 Å². The van der Waals surface area contributed by atoms with E-state index in [0.29, 0.717) is 24.0 Å². The monoisotopic (exact) mass is 263 g/mol. The van der Waals surface area contributed by atoms with Crippen LogP contribution in [-0.4, -0.2) is 22.4 Å². The van der Waals surface area contributed by atoms with Crippen LogP contribution in [0.5, 0.6) is 11.5 Å². The average molecular weight is 263 g/mol. The first-order valence-electron chi connectivity index (χ1n) is 5.99.